The normalized spacial score (nSPS) is 18.7. The number of halogens is 5. The number of aromatic nitrogens is 1. The van der Waals surface area contributed by atoms with Crippen molar-refractivity contribution in [1.29, 1.82) is 0 Å². The number of anilines is 1. The van der Waals surface area contributed by atoms with Gasteiger partial charge in [-0.05, 0) is 18.2 Å². The molecule has 0 saturated carbocycles. The van der Waals surface area contributed by atoms with Gasteiger partial charge in [-0.3, -0.25) is 4.98 Å². The van der Waals surface area contributed by atoms with Crippen molar-refractivity contribution in [1.82, 2.24) is 4.98 Å². The summed E-state index contributed by atoms with van der Waals surface area (Å²) in [6.45, 7) is 0.347. The Morgan fingerprint density at radius 3 is 2.36 bits per heavy atom. The van der Waals surface area contributed by atoms with Gasteiger partial charge in [0, 0.05) is 43.2 Å². The highest BCUT2D eigenvalue weighted by Crippen LogP contribution is 2.36. The first-order valence-electron chi connectivity index (χ1n) is 6.85. The van der Waals surface area contributed by atoms with Gasteiger partial charge >= 0.3 is 6.18 Å². The number of hydrogen-bond donors (Lipinski definition) is 0. The van der Waals surface area contributed by atoms with Gasteiger partial charge < -0.3 is 4.90 Å². The van der Waals surface area contributed by atoms with Crippen LogP contribution in [0.3, 0.4) is 0 Å². The maximum atomic E-state index is 13.2. The number of benzene rings is 1. The second-order valence-corrected chi connectivity index (χ2v) is 5.40. The summed E-state index contributed by atoms with van der Waals surface area (Å²) in [6, 6.07) is 4.98. The third kappa shape index (κ3) is 2.84. The second-order valence-electron chi connectivity index (χ2n) is 5.40. The van der Waals surface area contributed by atoms with E-state index in [0.717, 1.165) is 12.1 Å². The van der Waals surface area contributed by atoms with Gasteiger partial charge in [-0.1, -0.05) is 6.07 Å². The van der Waals surface area contributed by atoms with Crippen LogP contribution >= 0.6 is 0 Å². The van der Waals surface area contributed by atoms with Crippen molar-refractivity contribution in [2.24, 2.45) is 0 Å². The molecule has 0 amide bonds. The third-order valence-electron chi connectivity index (χ3n) is 3.88. The molecule has 0 spiro atoms. The van der Waals surface area contributed by atoms with Crippen molar-refractivity contribution >= 4 is 16.6 Å². The van der Waals surface area contributed by atoms with Crippen LogP contribution < -0.4 is 4.90 Å². The second kappa shape index (κ2) is 5.07. The van der Waals surface area contributed by atoms with E-state index < -0.39 is 17.7 Å². The summed E-state index contributed by atoms with van der Waals surface area (Å²) in [6.07, 6.45) is -3.53. The standard InChI is InChI=1S/C15H13F5N2/c16-14(17)4-7-22(8-5-14)13-3-6-21-12-9-10(15(18,19)20)1-2-11(12)13/h1-3,6,9H,4-5,7-8H2. The summed E-state index contributed by atoms with van der Waals surface area (Å²) in [5.41, 5.74) is 0.0914. The molecular weight excluding hydrogens is 303 g/mol. The fraction of sp³-hybridized carbons (Fsp3) is 0.400. The molecule has 0 N–H and O–H groups in total. The van der Waals surface area contributed by atoms with Crippen LogP contribution in [0, 0.1) is 0 Å². The number of hydrogen-bond acceptors (Lipinski definition) is 2. The summed E-state index contributed by atoms with van der Waals surface area (Å²) < 4.78 is 64.7. The van der Waals surface area contributed by atoms with E-state index in [-0.39, 0.29) is 31.4 Å². The summed E-state index contributed by atoms with van der Waals surface area (Å²) >= 11 is 0. The van der Waals surface area contributed by atoms with Crippen molar-refractivity contribution in [3.63, 3.8) is 0 Å². The summed E-state index contributed by atoms with van der Waals surface area (Å²) in [4.78, 5) is 5.74. The monoisotopic (exact) mass is 316 g/mol. The van der Waals surface area contributed by atoms with Gasteiger partial charge in [-0.15, -0.1) is 0 Å². The van der Waals surface area contributed by atoms with Crippen LogP contribution in [-0.2, 0) is 6.18 Å². The van der Waals surface area contributed by atoms with Crippen LogP contribution in [0.4, 0.5) is 27.6 Å². The van der Waals surface area contributed by atoms with E-state index in [0.29, 0.717) is 11.1 Å². The van der Waals surface area contributed by atoms with E-state index in [1.54, 1.807) is 11.0 Å². The van der Waals surface area contributed by atoms with Gasteiger partial charge in [0.2, 0.25) is 0 Å². The molecule has 0 radical (unpaired) electrons. The van der Waals surface area contributed by atoms with Crippen molar-refractivity contribution in [3.8, 4) is 0 Å². The quantitative estimate of drug-likeness (QED) is 0.721. The Hall–Kier alpha value is -1.92. The zero-order valence-corrected chi connectivity index (χ0v) is 11.5. The van der Waals surface area contributed by atoms with Gasteiger partial charge in [-0.2, -0.15) is 13.2 Å². The topological polar surface area (TPSA) is 16.1 Å². The van der Waals surface area contributed by atoms with Crippen molar-refractivity contribution in [3.05, 3.63) is 36.0 Å². The Morgan fingerprint density at radius 2 is 1.73 bits per heavy atom. The highest BCUT2D eigenvalue weighted by atomic mass is 19.4. The number of fused-ring (bicyclic) bond motifs is 1. The molecule has 2 aromatic rings. The number of alkyl halides is 5. The van der Waals surface area contributed by atoms with E-state index in [9.17, 15) is 22.0 Å². The van der Waals surface area contributed by atoms with E-state index >= 15 is 0 Å². The molecule has 0 aliphatic carbocycles. The summed E-state index contributed by atoms with van der Waals surface area (Å²) in [5, 5.41) is 0.542. The van der Waals surface area contributed by atoms with Crippen LogP contribution in [-0.4, -0.2) is 24.0 Å². The Bertz CT molecular complexity index is 686. The molecule has 118 valence electrons. The molecule has 1 fully saturated rings. The zero-order chi connectivity index (χ0) is 16.0. The SMILES string of the molecule is FC1(F)CCN(c2ccnc3cc(C(F)(F)F)ccc23)CC1. The molecule has 22 heavy (non-hydrogen) atoms. The van der Waals surface area contributed by atoms with Crippen LogP contribution in [0.5, 0.6) is 0 Å². The van der Waals surface area contributed by atoms with Crippen LogP contribution in [0.2, 0.25) is 0 Å². The Balaban J connectivity index is 1.98. The smallest absolute Gasteiger partial charge is 0.370 e. The average Bonchev–Trinajstić information content (AvgIpc) is 2.45. The summed E-state index contributed by atoms with van der Waals surface area (Å²) in [7, 11) is 0. The lowest BCUT2D eigenvalue weighted by molar-refractivity contribution is -0.137. The molecule has 7 heteroatoms. The van der Waals surface area contributed by atoms with E-state index in [4.69, 9.17) is 0 Å². The van der Waals surface area contributed by atoms with Gasteiger partial charge in [0.05, 0.1) is 11.1 Å². The van der Waals surface area contributed by atoms with Gasteiger partial charge in [0.15, 0.2) is 0 Å². The van der Waals surface area contributed by atoms with Crippen LogP contribution in [0.25, 0.3) is 10.9 Å². The van der Waals surface area contributed by atoms with Gasteiger partial charge in [0.1, 0.15) is 0 Å². The van der Waals surface area contributed by atoms with Crippen molar-refractivity contribution < 1.29 is 22.0 Å². The van der Waals surface area contributed by atoms with Crippen LogP contribution in [0.15, 0.2) is 30.5 Å². The van der Waals surface area contributed by atoms with E-state index in [2.05, 4.69) is 4.98 Å². The maximum Gasteiger partial charge on any atom is 0.416 e. The number of nitrogens with zero attached hydrogens (tertiary/aromatic N) is 2. The van der Waals surface area contributed by atoms with Crippen molar-refractivity contribution in [2.75, 3.05) is 18.0 Å². The predicted octanol–water partition coefficient (Wildman–Crippen LogP) is 4.49. The highest BCUT2D eigenvalue weighted by molar-refractivity contribution is 5.92. The first-order valence-corrected chi connectivity index (χ1v) is 6.85. The molecule has 1 aliphatic rings. The van der Waals surface area contributed by atoms with E-state index in [1.165, 1.54) is 12.3 Å². The molecule has 0 unspecified atom stereocenters. The first kappa shape index (κ1) is 15.0. The fourth-order valence-electron chi connectivity index (χ4n) is 2.66. The lowest BCUT2D eigenvalue weighted by Gasteiger charge is -2.34. The molecule has 2 heterocycles. The maximum absolute atomic E-state index is 13.2. The molecule has 1 aliphatic heterocycles. The lowest BCUT2D eigenvalue weighted by Crippen LogP contribution is -2.39. The van der Waals surface area contributed by atoms with Crippen molar-refractivity contribution in [2.45, 2.75) is 24.9 Å². The Kier molecular flexibility index (Phi) is 3.45. The summed E-state index contributed by atoms with van der Waals surface area (Å²) in [5.74, 6) is -2.66. The molecule has 3 rings (SSSR count). The fourth-order valence-corrected chi connectivity index (χ4v) is 2.66. The minimum Gasteiger partial charge on any atom is -0.370 e. The molecule has 1 aromatic heterocycles. The van der Waals surface area contributed by atoms with Gasteiger partial charge in [-0.25, -0.2) is 8.78 Å². The molecular formula is C15H13F5N2. The number of rotatable bonds is 1. The largest absolute Gasteiger partial charge is 0.416 e. The third-order valence-corrected chi connectivity index (χ3v) is 3.88. The first-order chi connectivity index (χ1) is 10.3. The Labute approximate surface area is 123 Å². The molecule has 2 nitrogen and oxygen atoms in total. The van der Waals surface area contributed by atoms with Crippen LogP contribution in [0.1, 0.15) is 18.4 Å². The number of piperidine rings is 1. The zero-order valence-electron chi connectivity index (χ0n) is 11.5. The van der Waals surface area contributed by atoms with Gasteiger partial charge in [0.25, 0.3) is 5.92 Å². The minimum absolute atomic E-state index is 0.174. The average molecular weight is 316 g/mol. The molecule has 0 bridgehead atoms. The minimum atomic E-state index is -4.43. The van der Waals surface area contributed by atoms with E-state index in [1.807, 2.05) is 0 Å². The molecule has 1 aromatic carbocycles. The molecule has 1 saturated heterocycles. The highest BCUT2D eigenvalue weighted by Gasteiger charge is 2.35. The lowest BCUT2D eigenvalue weighted by atomic mass is 10.0. The molecule has 0 atom stereocenters. The number of pyridine rings is 1. The Morgan fingerprint density at radius 1 is 1.05 bits per heavy atom. The predicted molar refractivity (Wildman–Crippen MR) is 73.1 cm³/mol.